The van der Waals surface area contributed by atoms with Crippen LogP contribution in [0.4, 0.5) is 0 Å². The number of hydrogen-bond donors (Lipinski definition) is 0. The molecule has 0 saturated heterocycles. The smallest absolute Gasteiger partial charge is 0.246 e. The quantitative estimate of drug-likeness (QED) is 0.264. The van der Waals surface area contributed by atoms with E-state index in [9.17, 15) is 4.79 Å². The maximum Gasteiger partial charge on any atom is 0.246 e. The Morgan fingerprint density at radius 1 is 0.966 bits per heavy atom. The first-order chi connectivity index (χ1) is 14.2. The molecule has 154 valence electrons. The number of fused-ring (bicyclic) bond motifs is 3. The number of rotatable bonds is 11. The van der Waals surface area contributed by atoms with Crippen molar-refractivity contribution in [2.24, 2.45) is 0 Å². The Bertz CT molecular complexity index is 969. The first kappa shape index (κ1) is 21.2. The molecule has 3 rings (SSSR count). The summed E-state index contributed by atoms with van der Waals surface area (Å²) in [6, 6.07) is 15.4. The number of benzene rings is 2. The van der Waals surface area contributed by atoms with Crippen LogP contribution in [0.15, 0.2) is 55.1 Å². The molecular formula is C26H34N2O. The highest BCUT2D eigenvalue weighted by Crippen LogP contribution is 2.30. The molecule has 3 heteroatoms. The van der Waals surface area contributed by atoms with Gasteiger partial charge in [-0.25, -0.2) is 0 Å². The van der Waals surface area contributed by atoms with Crippen LogP contribution in [0.25, 0.3) is 21.8 Å². The van der Waals surface area contributed by atoms with Crippen molar-refractivity contribution in [1.29, 1.82) is 0 Å². The molecule has 0 aliphatic carbocycles. The van der Waals surface area contributed by atoms with Crippen molar-refractivity contribution < 1.29 is 4.79 Å². The van der Waals surface area contributed by atoms with Gasteiger partial charge in [-0.3, -0.25) is 4.79 Å². The van der Waals surface area contributed by atoms with Gasteiger partial charge >= 0.3 is 0 Å². The van der Waals surface area contributed by atoms with Gasteiger partial charge in [0, 0.05) is 41.4 Å². The largest absolute Gasteiger partial charge is 0.340 e. The molecule has 0 unspecified atom stereocenters. The van der Waals surface area contributed by atoms with Gasteiger partial charge in [-0.1, -0.05) is 70.4 Å². The molecule has 2 aromatic carbocycles. The zero-order valence-electron chi connectivity index (χ0n) is 18.0. The van der Waals surface area contributed by atoms with Gasteiger partial charge in [0.05, 0.1) is 0 Å². The summed E-state index contributed by atoms with van der Waals surface area (Å²) < 4.78 is 2.47. The van der Waals surface area contributed by atoms with Crippen LogP contribution in [-0.2, 0) is 17.9 Å². The lowest BCUT2D eigenvalue weighted by molar-refractivity contribution is -0.126. The molecular weight excluding hydrogens is 356 g/mol. The standard InChI is InChI=1S/C26H34N2O/c1-4-7-9-12-18-28-24-14-11-10-13-22(24)23-19-21(15-16-25(23)28)20-27(17-8-5-2)26(29)6-3/h6,10-11,13-16,19H,3-5,7-9,12,17-18,20H2,1-2H3. The highest BCUT2D eigenvalue weighted by atomic mass is 16.2. The van der Waals surface area contributed by atoms with Crippen molar-refractivity contribution in [3.8, 4) is 0 Å². The van der Waals surface area contributed by atoms with Crippen LogP contribution in [0.5, 0.6) is 0 Å². The molecule has 0 aliphatic heterocycles. The number of carbonyl (C=O) groups is 1. The molecule has 0 N–H and O–H groups in total. The van der Waals surface area contributed by atoms with E-state index >= 15 is 0 Å². The molecule has 0 spiro atoms. The fraction of sp³-hybridized carbons (Fsp3) is 0.423. The van der Waals surface area contributed by atoms with E-state index in [2.05, 4.69) is 67.5 Å². The average molecular weight is 391 g/mol. The van der Waals surface area contributed by atoms with Gasteiger partial charge in [0.1, 0.15) is 0 Å². The van der Waals surface area contributed by atoms with Crippen LogP contribution >= 0.6 is 0 Å². The molecule has 1 heterocycles. The van der Waals surface area contributed by atoms with E-state index in [1.807, 2.05) is 4.90 Å². The Labute approximate surface area is 175 Å². The summed E-state index contributed by atoms with van der Waals surface area (Å²) in [5.74, 6) is 0.0110. The number of hydrogen-bond acceptors (Lipinski definition) is 1. The molecule has 0 radical (unpaired) electrons. The van der Waals surface area contributed by atoms with Crippen LogP contribution in [-0.4, -0.2) is 21.9 Å². The molecule has 0 saturated carbocycles. The summed E-state index contributed by atoms with van der Waals surface area (Å²) in [7, 11) is 0. The topological polar surface area (TPSA) is 25.2 Å². The second-order valence-corrected chi connectivity index (χ2v) is 7.90. The molecule has 1 aromatic heterocycles. The van der Waals surface area contributed by atoms with E-state index in [4.69, 9.17) is 0 Å². The number of unbranched alkanes of at least 4 members (excludes halogenated alkanes) is 4. The molecule has 0 aliphatic rings. The fourth-order valence-electron chi connectivity index (χ4n) is 4.10. The van der Waals surface area contributed by atoms with Crippen LogP contribution in [0.2, 0.25) is 0 Å². The third-order valence-electron chi connectivity index (χ3n) is 5.71. The summed E-state index contributed by atoms with van der Waals surface area (Å²) >= 11 is 0. The van der Waals surface area contributed by atoms with Gasteiger partial charge in [-0.15, -0.1) is 0 Å². The monoisotopic (exact) mass is 390 g/mol. The molecule has 1 amide bonds. The Kier molecular flexibility index (Phi) is 7.51. The van der Waals surface area contributed by atoms with Gasteiger partial charge in [0.15, 0.2) is 0 Å². The summed E-state index contributed by atoms with van der Waals surface area (Å²) in [4.78, 5) is 14.2. The van der Waals surface area contributed by atoms with E-state index in [-0.39, 0.29) is 5.91 Å². The second kappa shape index (κ2) is 10.3. The Balaban J connectivity index is 1.93. The molecule has 0 atom stereocenters. The lowest BCUT2D eigenvalue weighted by atomic mass is 10.1. The number of aromatic nitrogens is 1. The Morgan fingerprint density at radius 2 is 1.72 bits per heavy atom. The van der Waals surface area contributed by atoms with E-state index in [0.29, 0.717) is 6.54 Å². The number of carbonyl (C=O) groups excluding carboxylic acids is 1. The summed E-state index contributed by atoms with van der Waals surface area (Å²) in [6.45, 7) is 10.5. The maximum absolute atomic E-state index is 12.3. The first-order valence-electron chi connectivity index (χ1n) is 11.1. The predicted octanol–water partition coefficient (Wildman–Crippen LogP) is 6.69. The number of amides is 1. The summed E-state index contributed by atoms with van der Waals surface area (Å²) in [5.41, 5.74) is 3.78. The second-order valence-electron chi connectivity index (χ2n) is 7.90. The minimum Gasteiger partial charge on any atom is -0.340 e. The first-order valence-corrected chi connectivity index (χ1v) is 11.1. The Hall–Kier alpha value is -2.55. The lowest BCUT2D eigenvalue weighted by Crippen LogP contribution is -2.29. The normalized spacial score (nSPS) is 11.2. The highest BCUT2D eigenvalue weighted by molar-refractivity contribution is 6.08. The van der Waals surface area contributed by atoms with Crippen LogP contribution < -0.4 is 0 Å². The number of aryl methyl sites for hydroxylation is 1. The van der Waals surface area contributed by atoms with Gasteiger partial charge < -0.3 is 9.47 Å². The van der Waals surface area contributed by atoms with E-state index < -0.39 is 0 Å². The van der Waals surface area contributed by atoms with Crippen LogP contribution in [0, 0.1) is 0 Å². The van der Waals surface area contributed by atoms with Gasteiger partial charge in [0.25, 0.3) is 0 Å². The van der Waals surface area contributed by atoms with Gasteiger partial charge in [-0.2, -0.15) is 0 Å². The predicted molar refractivity (Wildman–Crippen MR) is 124 cm³/mol. The van der Waals surface area contributed by atoms with E-state index in [1.54, 1.807) is 0 Å². The van der Waals surface area contributed by atoms with E-state index in [0.717, 1.165) is 25.9 Å². The maximum atomic E-state index is 12.3. The van der Waals surface area contributed by atoms with Crippen LogP contribution in [0.1, 0.15) is 57.9 Å². The molecule has 3 aromatic rings. The van der Waals surface area contributed by atoms with Crippen molar-refractivity contribution in [1.82, 2.24) is 9.47 Å². The minimum absolute atomic E-state index is 0.0110. The Morgan fingerprint density at radius 3 is 2.48 bits per heavy atom. The third kappa shape index (κ3) is 4.90. The molecule has 0 bridgehead atoms. The number of para-hydroxylation sites is 1. The molecule has 3 nitrogen and oxygen atoms in total. The van der Waals surface area contributed by atoms with Crippen molar-refractivity contribution in [2.45, 2.75) is 65.5 Å². The van der Waals surface area contributed by atoms with Crippen molar-refractivity contribution in [2.75, 3.05) is 6.54 Å². The van der Waals surface area contributed by atoms with Crippen molar-refractivity contribution >= 4 is 27.7 Å². The lowest BCUT2D eigenvalue weighted by Gasteiger charge is -2.21. The van der Waals surface area contributed by atoms with Crippen molar-refractivity contribution in [3.05, 3.63) is 60.7 Å². The third-order valence-corrected chi connectivity index (χ3v) is 5.71. The molecule has 0 fully saturated rings. The van der Waals surface area contributed by atoms with Gasteiger partial charge in [0.2, 0.25) is 5.91 Å². The van der Waals surface area contributed by atoms with E-state index in [1.165, 1.54) is 59.1 Å². The van der Waals surface area contributed by atoms with Crippen molar-refractivity contribution in [3.63, 3.8) is 0 Å². The van der Waals surface area contributed by atoms with Crippen LogP contribution in [0.3, 0.4) is 0 Å². The highest BCUT2D eigenvalue weighted by Gasteiger charge is 2.14. The fourth-order valence-corrected chi connectivity index (χ4v) is 4.10. The SMILES string of the molecule is C=CC(=O)N(CCCC)Cc1ccc2c(c1)c1ccccc1n2CCCCCC. The average Bonchev–Trinajstić information content (AvgIpc) is 3.07. The summed E-state index contributed by atoms with van der Waals surface area (Å²) in [6.07, 6.45) is 8.56. The molecule has 29 heavy (non-hydrogen) atoms. The number of nitrogens with zero attached hydrogens (tertiary/aromatic N) is 2. The zero-order chi connectivity index (χ0) is 20.6. The zero-order valence-corrected chi connectivity index (χ0v) is 18.0. The van der Waals surface area contributed by atoms with Gasteiger partial charge in [-0.05, 0) is 42.7 Å². The minimum atomic E-state index is 0.0110. The summed E-state index contributed by atoms with van der Waals surface area (Å²) in [5, 5.41) is 2.59.